The Labute approximate surface area is 157 Å². The number of nitrogens with one attached hydrogen (secondary N) is 1. The van der Waals surface area contributed by atoms with Crippen LogP contribution in [0.2, 0.25) is 0 Å². The molecule has 1 N–H and O–H groups in total. The lowest BCUT2D eigenvalue weighted by molar-refractivity contribution is -0.0706. The first-order chi connectivity index (χ1) is 12.6. The molecule has 4 fully saturated rings. The molecule has 4 aliphatic carbocycles. The van der Waals surface area contributed by atoms with Gasteiger partial charge in [-0.3, -0.25) is 0 Å². The first kappa shape index (κ1) is 17.7. The number of ether oxygens (including phenoxy) is 2. The van der Waals surface area contributed by atoms with Crippen molar-refractivity contribution in [2.45, 2.75) is 58.0 Å². The van der Waals surface area contributed by atoms with E-state index in [1.54, 1.807) is 7.11 Å². The fraction of sp³-hybridized carbons (Fsp3) is 0.652. The van der Waals surface area contributed by atoms with Crippen molar-refractivity contribution < 1.29 is 9.47 Å². The zero-order valence-electron chi connectivity index (χ0n) is 16.1. The zero-order valence-corrected chi connectivity index (χ0v) is 16.1. The van der Waals surface area contributed by atoms with E-state index in [0.29, 0.717) is 17.2 Å². The summed E-state index contributed by atoms with van der Waals surface area (Å²) < 4.78 is 11.0. The second-order valence-corrected chi connectivity index (χ2v) is 8.86. The summed E-state index contributed by atoms with van der Waals surface area (Å²) in [7, 11) is 1.67. The summed E-state index contributed by atoms with van der Waals surface area (Å²) in [6, 6.07) is 6.70. The van der Waals surface area contributed by atoms with Gasteiger partial charge in [-0.2, -0.15) is 0 Å². The third-order valence-corrected chi connectivity index (χ3v) is 7.16. The molecule has 26 heavy (non-hydrogen) atoms. The zero-order chi connectivity index (χ0) is 18.1. The molecule has 1 atom stereocenters. The monoisotopic (exact) mass is 353 g/mol. The molecule has 0 amide bonds. The molecule has 0 saturated heterocycles. The van der Waals surface area contributed by atoms with Crippen molar-refractivity contribution in [3.05, 3.63) is 23.8 Å². The standard InChI is InChI=1S/C23H31NO2/c1-4-7-26-21-6-5-17(11-22(21)25-3)15-24-16(2)23-12-18-8-19(13-23)10-20(9-18)14-23/h1,5-6,11,16,18-20,24H,7-10,12-15H2,2-3H3. The molecule has 0 radical (unpaired) electrons. The van der Waals surface area contributed by atoms with Gasteiger partial charge in [-0.15, -0.1) is 6.42 Å². The Hall–Kier alpha value is -1.66. The van der Waals surface area contributed by atoms with Crippen LogP contribution >= 0.6 is 0 Å². The van der Waals surface area contributed by atoms with Crippen molar-refractivity contribution in [3.8, 4) is 23.8 Å². The number of terminal acetylenes is 1. The Morgan fingerprint density at radius 2 is 1.81 bits per heavy atom. The summed E-state index contributed by atoms with van der Waals surface area (Å²) in [5.41, 5.74) is 1.76. The Bertz CT molecular complexity index is 655. The van der Waals surface area contributed by atoms with Gasteiger partial charge in [0, 0.05) is 12.6 Å². The van der Waals surface area contributed by atoms with Crippen molar-refractivity contribution in [2.24, 2.45) is 23.2 Å². The van der Waals surface area contributed by atoms with Crippen LogP contribution in [0.4, 0.5) is 0 Å². The molecule has 1 unspecified atom stereocenters. The molecule has 4 saturated carbocycles. The fourth-order valence-corrected chi connectivity index (χ4v) is 6.26. The minimum absolute atomic E-state index is 0.261. The normalized spacial score (nSPS) is 32.9. The van der Waals surface area contributed by atoms with Crippen LogP contribution in [0.1, 0.15) is 51.0 Å². The van der Waals surface area contributed by atoms with E-state index >= 15 is 0 Å². The molecular formula is C23H31NO2. The fourth-order valence-electron chi connectivity index (χ4n) is 6.26. The van der Waals surface area contributed by atoms with Gasteiger partial charge < -0.3 is 14.8 Å². The molecule has 3 nitrogen and oxygen atoms in total. The van der Waals surface area contributed by atoms with Crippen LogP contribution in [-0.4, -0.2) is 19.8 Å². The molecule has 1 aromatic rings. The van der Waals surface area contributed by atoms with E-state index in [0.717, 1.165) is 30.0 Å². The van der Waals surface area contributed by atoms with Gasteiger partial charge in [0.1, 0.15) is 6.61 Å². The third-order valence-electron chi connectivity index (χ3n) is 7.16. The van der Waals surface area contributed by atoms with Gasteiger partial charge in [-0.25, -0.2) is 0 Å². The van der Waals surface area contributed by atoms with E-state index in [9.17, 15) is 0 Å². The first-order valence-corrected chi connectivity index (χ1v) is 10.1. The van der Waals surface area contributed by atoms with Crippen LogP contribution in [0.3, 0.4) is 0 Å². The highest BCUT2D eigenvalue weighted by Crippen LogP contribution is 2.61. The van der Waals surface area contributed by atoms with Crippen molar-refractivity contribution in [3.63, 3.8) is 0 Å². The van der Waals surface area contributed by atoms with E-state index in [-0.39, 0.29) is 6.61 Å². The maximum absolute atomic E-state index is 5.54. The SMILES string of the molecule is C#CCOc1ccc(CNC(C)C23CC4CC(CC(C4)C2)C3)cc1OC. The van der Waals surface area contributed by atoms with Crippen LogP contribution < -0.4 is 14.8 Å². The molecule has 1 aromatic carbocycles. The maximum Gasteiger partial charge on any atom is 0.162 e. The highest BCUT2D eigenvalue weighted by atomic mass is 16.5. The average Bonchev–Trinajstić information content (AvgIpc) is 2.63. The topological polar surface area (TPSA) is 30.5 Å². The Kier molecular flexibility index (Phi) is 4.88. The number of benzene rings is 1. The predicted molar refractivity (Wildman–Crippen MR) is 104 cm³/mol. The molecule has 3 heteroatoms. The van der Waals surface area contributed by atoms with Crippen molar-refractivity contribution in [1.82, 2.24) is 5.32 Å². The lowest BCUT2D eigenvalue weighted by Crippen LogP contribution is -2.54. The lowest BCUT2D eigenvalue weighted by atomic mass is 9.48. The van der Waals surface area contributed by atoms with Gasteiger partial charge in [-0.1, -0.05) is 12.0 Å². The minimum Gasteiger partial charge on any atom is -0.493 e. The summed E-state index contributed by atoms with van der Waals surface area (Å²) in [5.74, 6) is 6.95. The molecule has 4 aliphatic rings. The molecule has 140 valence electrons. The molecule has 4 bridgehead atoms. The highest BCUT2D eigenvalue weighted by Gasteiger charge is 2.52. The molecule has 0 aliphatic heterocycles. The van der Waals surface area contributed by atoms with Gasteiger partial charge in [0.15, 0.2) is 11.5 Å². The number of hydrogen-bond acceptors (Lipinski definition) is 3. The van der Waals surface area contributed by atoms with Gasteiger partial charge in [0.2, 0.25) is 0 Å². The Morgan fingerprint density at radius 1 is 1.15 bits per heavy atom. The van der Waals surface area contributed by atoms with E-state index < -0.39 is 0 Å². The van der Waals surface area contributed by atoms with Crippen molar-refractivity contribution in [2.75, 3.05) is 13.7 Å². The largest absolute Gasteiger partial charge is 0.493 e. The van der Waals surface area contributed by atoms with Gasteiger partial charge >= 0.3 is 0 Å². The molecular weight excluding hydrogens is 322 g/mol. The summed E-state index contributed by atoms with van der Waals surface area (Å²) >= 11 is 0. The lowest BCUT2D eigenvalue weighted by Gasteiger charge is -2.59. The van der Waals surface area contributed by atoms with Crippen LogP contribution in [0.5, 0.6) is 11.5 Å². The summed E-state index contributed by atoms with van der Waals surface area (Å²) in [6.07, 6.45) is 14.1. The highest BCUT2D eigenvalue weighted by molar-refractivity contribution is 5.43. The van der Waals surface area contributed by atoms with E-state index in [4.69, 9.17) is 15.9 Å². The van der Waals surface area contributed by atoms with Crippen LogP contribution in [0.25, 0.3) is 0 Å². The average molecular weight is 354 g/mol. The quantitative estimate of drug-likeness (QED) is 0.737. The van der Waals surface area contributed by atoms with E-state index in [1.807, 2.05) is 6.07 Å². The molecule has 5 rings (SSSR count). The number of hydrogen-bond donors (Lipinski definition) is 1. The Balaban J connectivity index is 1.40. The molecule has 0 spiro atoms. The predicted octanol–water partition coefficient (Wildman–Crippen LogP) is 4.40. The molecule has 0 heterocycles. The van der Waals surface area contributed by atoms with Gasteiger partial charge in [0.25, 0.3) is 0 Å². The van der Waals surface area contributed by atoms with Crippen LogP contribution in [0.15, 0.2) is 18.2 Å². The third kappa shape index (κ3) is 3.32. The summed E-state index contributed by atoms with van der Waals surface area (Å²) in [5, 5.41) is 3.84. The van der Waals surface area contributed by atoms with E-state index in [2.05, 4.69) is 30.3 Å². The Morgan fingerprint density at radius 3 is 2.38 bits per heavy atom. The van der Waals surface area contributed by atoms with Gasteiger partial charge in [0.05, 0.1) is 7.11 Å². The van der Waals surface area contributed by atoms with Crippen LogP contribution in [-0.2, 0) is 6.54 Å². The minimum atomic E-state index is 0.261. The number of methoxy groups -OCH3 is 1. The summed E-state index contributed by atoms with van der Waals surface area (Å²) in [4.78, 5) is 0. The number of rotatable bonds is 7. The van der Waals surface area contributed by atoms with Crippen LogP contribution in [0, 0.1) is 35.5 Å². The smallest absolute Gasteiger partial charge is 0.162 e. The van der Waals surface area contributed by atoms with Crippen molar-refractivity contribution in [1.29, 1.82) is 0 Å². The summed E-state index contributed by atoms with van der Waals surface area (Å²) in [6.45, 7) is 3.54. The second-order valence-electron chi connectivity index (χ2n) is 8.86. The van der Waals surface area contributed by atoms with Gasteiger partial charge in [-0.05, 0) is 86.3 Å². The van der Waals surface area contributed by atoms with Crippen molar-refractivity contribution >= 4 is 0 Å². The maximum atomic E-state index is 5.54. The van der Waals surface area contributed by atoms with E-state index in [1.165, 1.54) is 44.1 Å². The molecule has 0 aromatic heterocycles. The second kappa shape index (κ2) is 7.16. The first-order valence-electron chi connectivity index (χ1n) is 10.1.